The zero-order valence-electron chi connectivity index (χ0n) is 18.0. The number of nitrogens with zero attached hydrogens (tertiary/aromatic N) is 2. The second-order valence-corrected chi connectivity index (χ2v) is 9.65. The number of halogens is 3. The Morgan fingerprint density at radius 1 is 0.939 bits per heavy atom. The van der Waals surface area contributed by atoms with Gasteiger partial charge in [-0.2, -0.15) is 0 Å². The molecular formula is C26H24BrCl2N3O. The summed E-state index contributed by atoms with van der Waals surface area (Å²) < 4.78 is 3.22. The highest BCUT2D eigenvalue weighted by molar-refractivity contribution is 9.10. The summed E-state index contributed by atoms with van der Waals surface area (Å²) in [5, 5.41) is 4.11. The van der Waals surface area contributed by atoms with Gasteiger partial charge in [-0.15, -0.1) is 0 Å². The van der Waals surface area contributed by atoms with Crippen LogP contribution in [0, 0.1) is 0 Å². The van der Waals surface area contributed by atoms with Crippen molar-refractivity contribution in [1.29, 1.82) is 0 Å². The van der Waals surface area contributed by atoms with Crippen LogP contribution in [0.3, 0.4) is 0 Å². The number of imidazole rings is 1. The van der Waals surface area contributed by atoms with Crippen LogP contribution in [0.4, 0.5) is 0 Å². The minimum absolute atomic E-state index is 0.0362. The molecule has 0 radical (unpaired) electrons. The van der Waals surface area contributed by atoms with Crippen LogP contribution < -0.4 is 5.32 Å². The highest BCUT2D eigenvalue weighted by Gasteiger charge is 2.12. The Hall–Kier alpha value is -2.34. The predicted molar refractivity (Wildman–Crippen MR) is 139 cm³/mol. The highest BCUT2D eigenvalue weighted by Crippen LogP contribution is 2.25. The first-order valence-corrected chi connectivity index (χ1v) is 12.5. The minimum Gasteiger partial charge on any atom is -0.352 e. The molecule has 170 valence electrons. The van der Waals surface area contributed by atoms with Gasteiger partial charge in [0.1, 0.15) is 5.82 Å². The van der Waals surface area contributed by atoms with Crippen LogP contribution in [0.25, 0.3) is 11.0 Å². The molecule has 0 aliphatic heterocycles. The number of carbonyl (C=O) groups is 1. The van der Waals surface area contributed by atoms with E-state index in [1.807, 2.05) is 60.7 Å². The number of carbonyl (C=O) groups excluding carboxylic acids is 1. The van der Waals surface area contributed by atoms with Gasteiger partial charge in [0.25, 0.3) is 5.91 Å². The number of fused-ring (bicyclic) bond motifs is 1. The van der Waals surface area contributed by atoms with E-state index in [1.165, 1.54) is 0 Å². The van der Waals surface area contributed by atoms with Crippen LogP contribution >= 0.6 is 39.1 Å². The number of rotatable bonds is 9. The molecule has 0 aliphatic rings. The van der Waals surface area contributed by atoms with Gasteiger partial charge in [0, 0.05) is 29.5 Å². The molecule has 7 heteroatoms. The fourth-order valence-electron chi connectivity index (χ4n) is 3.80. The van der Waals surface area contributed by atoms with E-state index in [1.54, 1.807) is 0 Å². The molecule has 0 saturated carbocycles. The van der Waals surface area contributed by atoms with Crippen molar-refractivity contribution in [2.45, 2.75) is 32.2 Å². The second-order valence-electron chi connectivity index (χ2n) is 7.92. The third-order valence-corrected chi connectivity index (χ3v) is 6.80. The molecule has 33 heavy (non-hydrogen) atoms. The normalized spacial score (nSPS) is 11.1. The van der Waals surface area contributed by atoms with E-state index in [-0.39, 0.29) is 5.91 Å². The molecular weight excluding hydrogens is 521 g/mol. The summed E-state index contributed by atoms with van der Waals surface area (Å²) in [7, 11) is 0. The fraction of sp³-hybridized carbons (Fsp3) is 0.231. The molecule has 0 bridgehead atoms. The molecule has 4 nitrogen and oxygen atoms in total. The molecule has 4 rings (SSSR count). The molecule has 4 aromatic rings. The lowest BCUT2D eigenvalue weighted by molar-refractivity contribution is 0.0953. The van der Waals surface area contributed by atoms with Crippen LogP contribution in [-0.2, 0) is 13.0 Å². The van der Waals surface area contributed by atoms with E-state index in [0.717, 1.165) is 52.6 Å². The van der Waals surface area contributed by atoms with Gasteiger partial charge in [0.2, 0.25) is 0 Å². The van der Waals surface area contributed by atoms with Crippen LogP contribution in [-0.4, -0.2) is 22.0 Å². The highest BCUT2D eigenvalue weighted by atomic mass is 79.9. The predicted octanol–water partition coefficient (Wildman–Crippen LogP) is 7.30. The molecule has 0 unspecified atom stereocenters. The standard InChI is InChI=1S/C26H24BrCl2N3O/c27-20-12-10-19(11-13-20)26(33)30-15-5-1-2-8-25-31-23-6-3-4-7-24(23)32(25)17-18-9-14-21(28)22(29)16-18/h3-4,6-7,9-14,16H,1-2,5,8,15,17H2,(H,30,33). The quantitative estimate of drug-likeness (QED) is 0.225. The van der Waals surface area contributed by atoms with Crippen molar-refractivity contribution in [3.05, 3.63) is 98.2 Å². The number of hydrogen-bond donors (Lipinski definition) is 1. The Morgan fingerprint density at radius 3 is 2.52 bits per heavy atom. The average Bonchev–Trinajstić information content (AvgIpc) is 3.16. The summed E-state index contributed by atoms with van der Waals surface area (Å²) in [6.07, 6.45) is 3.81. The van der Waals surface area contributed by atoms with Crippen molar-refractivity contribution in [3.8, 4) is 0 Å². The van der Waals surface area contributed by atoms with E-state index in [9.17, 15) is 4.79 Å². The molecule has 3 aromatic carbocycles. The number of aromatic nitrogens is 2. The lowest BCUT2D eigenvalue weighted by Gasteiger charge is -2.11. The zero-order chi connectivity index (χ0) is 23.2. The van der Waals surface area contributed by atoms with Crippen molar-refractivity contribution in [2.75, 3.05) is 6.54 Å². The van der Waals surface area contributed by atoms with Crippen molar-refractivity contribution in [3.63, 3.8) is 0 Å². The van der Waals surface area contributed by atoms with E-state index < -0.39 is 0 Å². The third-order valence-electron chi connectivity index (χ3n) is 5.53. The van der Waals surface area contributed by atoms with Crippen LogP contribution in [0.1, 0.15) is 41.0 Å². The molecule has 0 saturated heterocycles. The number of aryl methyl sites for hydroxylation is 1. The summed E-state index contributed by atoms with van der Waals surface area (Å²) in [6.45, 7) is 1.35. The maximum Gasteiger partial charge on any atom is 0.251 e. The second kappa shape index (κ2) is 11.2. The summed E-state index contributed by atoms with van der Waals surface area (Å²) >= 11 is 15.7. The van der Waals surface area contributed by atoms with Crippen LogP contribution in [0.5, 0.6) is 0 Å². The Labute approximate surface area is 212 Å². The topological polar surface area (TPSA) is 46.9 Å². The molecule has 0 spiro atoms. The van der Waals surface area contributed by atoms with E-state index >= 15 is 0 Å². The van der Waals surface area contributed by atoms with Gasteiger partial charge in [-0.3, -0.25) is 4.79 Å². The average molecular weight is 545 g/mol. The largest absolute Gasteiger partial charge is 0.352 e. The first-order valence-electron chi connectivity index (χ1n) is 10.9. The number of nitrogens with one attached hydrogen (secondary N) is 1. The Bertz CT molecular complexity index is 1250. The zero-order valence-corrected chi connectivity index (χ0v) is 21.1. The van der Waals surface area contributed by atoms with Gasteiger partial charge >= 0.3 is 0 Å². The third kappa shape index (κ3) is 6.17. The SMILES string of the molecule is O=C(NCCCCCc1nc2ccccc2n1Cc1ccc(Cl)c(Cl)c1)c1ccc(Br)cc1. The van der Waals surface area contributed by atoms with E-state index in [2.05, 4.69) is 31.9 Å². The summed E-state index contributed by atoms with van der Waals surface area (Å²) in [6, 6.07) is 21.3. The summed E-state index contributed by atoms with van der Waals surface area (Å²) in [5.41, 5.74) is 3.87. The van der Waals surface area contributed by atoms with E-state index in [4.69, 9.17) is 28.2 Å². The number of unbranched alkanes of at least 4 members (excludes halogenated alkanes) is 2. The molecule has 1 aromatic heterocycles. The molecule has 1 N–H and O–H groups in total. The molecule has 1 heterocycles. The minimum atomic E-state index is -0.0362. The number of benzene rings is 3. The fourth-order valence-corrected chi connectivity index (χ4v) is 4.39. The maximum absolute atomic E-state index is 12.2. The molecule has 0 atom stereocenters. The monoisotopic (exact) mass is 543 g/mol. The van der Waals surface area contributed by atoms with Crippen LogP contribution in [0.2, 0.25) is 10.0 Å². The molecule has 0 aliphatic carbocycles. The van der Waals surface area contributed by atoms with Crippen molar-refractivity contribution < 1.29 is 4.79 Å². The van der Waals surface area contributed by atoms with Gasteiger partial charge < -0.3 is 9.88 Å². The summed E-state index contributed by atoms with van der Waals surface area (Å²) in [5.74, 6) is 1.02. The first kappa shape index (κ1) is 23.8. The van der Waals surface area contributed by atoms with Gasteiger partial charge in [-0.25, -0.2) is 4.98 Å². The maximum atomic E-state index is 12.2. The number of amides is 1. The smallest absolute Gasteiger partial charge is 0.251 e. The Morgan fingerprint density at radius 2 is 1.73 bits per heavy atom. The number of para-hydroxylation sites is 2. The van der Waals surface area contributed by atoms with Gasteiger partial charge in [-0.1, -0.05) is 63.8 Å². The number of hydrogen-bond acceptors (Lipinski definition) is 2. The Kier molecular flexibility index (Phi) is 8.07. The summed E-state index contributed by atoms with van der Waals surface area (Å²) in [4.78, 5) is 17.1. The van der Waals surface area contributed by atoms with Crippen molar-refractivity contribution in [1.82, 2.24) is 14.9 Å². The van der Waals surface area contributed by atoms with Crippen LogP contribution in [0.15, 0.2) is 71.2 Å². The lowest BCUT2D eigenvalue weighted by atomic mass is 10.1. The first-order chi connectivity index (χ1) is 16.0. The Balaban J connectivity index is 1.33. The van der Waals surface area contributed by atoms with Crippen molar-refractivity contribution in [2.24, 2.45) is 0 Å². The van der Waals surface area contributed by atoms with E-state index in [0.29, 0.717) is 28.7 Å². The molecule has 1 amide bonds. The van der Waals surface area contributed by atoms with Crippen molar-refractivity contribution >= 4 is 56.1 Å². The lowest BCUT2D eigenvalue weighted by Crippen LogP contribution is -2.24. The van der Waals surface area contributed by atoms with Gasteiger partial charge in [-0.05, 0) is 66.9 Å². The van der Waals surface area contributed by atoms with Gasteiger partial charge in [0.05, 0.1) is 21.1 Å². The van der Waals surface area contributed by atoms with Gasteiger partial charge in [0.15, 0.2) is 0 Å². The molecule has 0 fully saturated rings.